The van der Waals surface area contributed by atoms with Crippen LogP contribution in [0.25, 0.3) is 22.8 Å². The van der Waals surface area contributed by atoms with Gasteiger partial charge in [-0.05, 0) is 70.7 Å². The van der Waals surface area contributed by atoms with Crippen LogP contribution in [-0.4, -0.2) is 28.4 Å². The summed E-state index contributed by atoms with van der Waals surface area (Å²) in [5.74, 6) is 2.80. The van der Waals surface area contributed by atoms with E-state index in [1.54, 1.807) is 28.4 Å². The van der Waals surface area contributed by atoms with Gasteiger partial charge in [0, 0.05) is 0 Å². The molecule has 4 heteroatoms. The van der Waals surface area contributed by atoms with E-state index in [0.717, 1.165) is 33.4 Å². The van der Waals surface area contributed by atoms with E-state index in [1.807, 2.05) is 24.3 Å². The Balaban J connectivity index is 2.01. The van der Waals surface area contributed by atoms with E-state index in [0.29, 0.717) is 23.0 Å². The van der Waals surface area contributed by atoms with Crippen molar-refractivity contribution < 1.29 is 18.9 Å². The average molecular weight is 388 g/mol. The summed E-state index contributed by atoms with van der Waals surface area (Å²) in [6, 6.07) is 16.6. The summed E-state index contributed by atoms with van der Waals surface area (Å²) in [6.07, 6.45) is 2.20. The lowest BCUT2D eigenvalue weighted by Crippen LogP contribution is -1.92. The van der Waals surface area contributed by atoms with Crippen molar-refractivity contribution in [3.63, 3.8) is 0 Å². The van der Waals surface area contributed by atoms with Gasteiger partial charge in [-0.25, -0.2) is 0 Å². The highest BCUT2D eigenvalue weighted by Gasteiger charge is 2.28. The monoisotopic (exact) mass is 388 g/mol. The summed E-state index contributed by atoms with van der Waals surface area (Å²) < 4.78 is 22.2. The Kier molecular flexibility index (Phi) is 4.93. The van der Waals surface area contributed by atoms with Crippen LogP contribution in [0.1, 0.15) is 22.3 Å². The molecule has 0 unspecified atom stereocenters. The standard InChI is InChI=1S/C25H24O4/c1-15-6-8-16(9-7-15)10-17-18-11-22(26-2)24(28-4)13-20(18)21-14-25(29-5)23(27-3)12-19(17)21/h6-14H,1-5H3. The molecule has 3 aromatic carbocycles. The number of methoxy groups -OCH3 is 4. The Morgan fingerprint density at radius 1 is 0.552 bits per heavy atom. The van der Waals surface area contributed by atoms with Crippen molar-refractivity contribution in [2.75, 3.05) is 28.4 Å². The van der Waals surface area contributed by atoms with Gasteiger partial charge in [0.2, 0.25) is 0 Å². The van der Waals surface area contributed by atoms with Gasteiger partial charge < -0.3 is 18.9 Å². The first-order chi connectivity index (χ1) is 14.1. The molecule has 0 heterocycles. The molecule has 0 atom stereocenters. The van der Waals surface area contributed by atoms with E-state index >= 15 is 0 Å². The molecule has 0 amide bonds. The first kappa shape index (κ1) is 18.9. The van der Waals surface area contributed by atoms with Gasteiger partial charge in [-0.3, -0.25) is 0 Å². The third-order valence-electron chi connectivity index (χ3n) is 5.31. The maximum atomic E-state index is 5.56. The molecule has 0 bridgehead atoms. The van der Waals surface area contributed by atoms with Crippen molar-refractivity contribution in [2.24, 2.45) is 0 Å². The van der Waals surface area contributed by atoms with E-state index in [1.165, 1.54) is 5.56 Å². The molecule has 1 aliphatic rings. The van der Waals surface area contributed by atoms with Gasteiger partial charge in [0.05, 0.1) is 28.4 Å². The molecule has 0 saturated carbocycles. The molecular weight excluding hydrogens is 364 g/mol. The van der Waals surface area contributed by atoms with Gasteiger partial charge in [0.1, 0.15) is 0 Å². The van der Waals surface area contributed by atoms with Crippen LogP contribution in [-0.2, 0) is 0 Å². The zero-order valence-electron chi connectivity index (χ0n) is 17.3. The molecule has 148 valence electrons. The van der Waals surface area contributed by atoms with Crippen LogP contribution in [0.15, 0.2) is 48.5 Å². The number of benzene rings is 3. The largest absolute Gasteiger partial charge is 0.493 e. The molecule has 0 fully saturated rings. The SMILES string of the molecule is COc1cc2c(cc1OC)-c1cc(OC)c(OC)cc1C2=Cc1ccc(C)cc1. The Bertz CT molecular complexity index is 1030. The lowest BCUT2D eigenvalue weighted by Gasteiger charge is -2.11. The zero-order valence-corrected chi connectivity index (χ0v) is 17.3. The molecule has 0 saturated heterocycles. The fraction of sp³-hybridized carbons (Fsp3) is 0.200. The molecule has 4 nitrogen and oxygen atoms in total. The summed E-state index contributed by atoms with van der Waals surface area (Å²) >= 11 is 0. The normalized spacial score (nSPS) is 11.6. The third-order valence-corrected chi connectivity index (χ3v) is 5.31. The molecule has 0 spiro atoms. The lowest BCUT2D eigenvalue weighted by molar-refractivity contribution is 0.354. The number of hydrogen-bond donors (Lipinski definition) is 0. The van der Waals surface area contributed by atoms with Crippen LogP contribution in [0.4, 0.5) is 0 Å². The van der Waals surface area contributed by atoms with Crippen molar-refractivity contribution in [1.82, 2.24) is 0 Å². The number of ether oxygens (including phenoxy) is 4. The number of aryl methyl sites for hydroxylation is 1. The molecule has 0 radical (unpaired) electrons. The number of fused-ring (bicyclic) bond motifs is 3. The van der Waals surface area contributed by atoms with Crippen molar-refractivity contribution in [3.8, 4) is 34.1 Å². The first-order valence-corrected chi connectivity index (χ1v) is 9.41. The summed E-state index contributed by atoms with van der Waals surface area (Å²) in [7, 11) is 6.61. The van der Waals surface area contributed by atoms with Crippen molar-refractivity contribution in [1.29, 1.82) is 0 Å². The van der Waals surface area contributed by atoms with Crippen LogP contribution < -0.4 is 18.9 Å². The minimum atomic E-state index is 0.698. The van der Waals surface area contributed by atoms with Crippen LogP contribution >= 0.6 is 0 Å². The summed E-state index contributed by atoms with van der Waals surface area (Å²) in [4.78, 5) is 0. The van der Waals surface area contributed by atoms with E-state index in [-0.39, 0.29) is 0 Å². The molecule has 29 heavy (non-hydrogen) atoms. The van der Waals surface area contributed by atoms with Crippen LogP contribution in [0.3, 0.4) is 0 Å². The second kappa shape index (κ2) is 7.55. The Morgan fingerprint density at radius 2 is 0.931 bits per heavy atom. The average Bonchev–Trinajstić information content (AvgIpc) is 3.04. The lowest BCUT2D eigenvalue weighted by atomic mass is 10.00. The second-order valence-corrected chi connectivity index (χ2v) is 6.97. The van der Waals surface area contributed by atoms with Gasteiger partial charge in [0.25, 0.3) is 0 Å². The Morgan fingerprint density at radius 3 is 1.31 bits per heavy atom. The zero-order chi connectivity index (χ0) is 20.5. The van der Waals surface area contributed by atoms with Gasteiger partial charge in [-0.2, -0.15) is 0 Å². The van der Waals surface area contributed by atoms with Gasteiger partial charge in [-0.1, -0.05) is 29.8 Å². The molecule has 3 aromatic rings. The Labute approximate surface area is 171 Å². The predicted octanol–water partition coefficient (Wildman–Crippen LogP) is 5.60. The highest BCUT2D eigenvalue weighted by Crippen LogP contribution is 2.51. The highest BCUT2D eigenvalue weighted by molar-refractivity contribution is 6.08. The molecule has 4 rings (SSSR count). The third kappa shape index (κ3) is 3.21. The first-order valence-electron chi connectivity index (χ1n) is 9.41. The summed E-state index contributed by atoms with van der Waals surface area (Å²) in [5, 5.41) is 0. The predicted molar refractivity (Wildman–Crippen MR) is 116 cm³/mol. The molecule has 0 aromatic heterocycles. The minimum Gasteiger partial charge on any atom is -0.493 e. The van der Waals surface area contributed by atoms with E-state index in [2.05, 4.69) is 37.3 Å². The molecule has 0 aliphatic heterocycles. The van der Waals surface area contributed by atoms with E-state index < -0.39 is 0 Å². The van der Waals surface area contributed by atoms with Crippen LogP contribution in [0.2, 0.25) is 0 Å². The highest BCUT2D eigenvalue weighted by atomic mass is 16.5. The van der Waals surface area contributed by atoms with Gasteiger partial charge in [0.15, 0.2) is 23.0 Å². The van der Waals surface area contributed by atoms with Crippen molar-refractivity contribution in [3.05, 3.63) is 70.8 Å². The van der Waals surface area contributed by atoms with Crippen LogP contribution in [0, 0.1) is 6.92 Å². The van der Waals surface area contributed by atoms with Crippen LogP contribution in [0.5, 0.6) is 23.0 Å². The Hall–Kier alpha value is -3.40. The fourth-order valence-electron chi connectivity index (χ4n) is 3.78. The van der Waals surface area contributed by atoms with Crippen molar-refractivity contribution >= 4 is 11.6 Å². The van der Waals surface area contributed by atoms with Crippen molar-refractivity contribution in [2.45, 2.75) is 6.92 Å². The molecule has 1 aliphatic carbocycles. The molecular formula is C25H24O4. The van der Waals surface area contributed by atoms with Gasteiger partial charge >= 0.3 is 0 Å². The molecule has 0 N–H and O–H groups in total. The summed E-state index contributed by atoms with van der Waals surface area (Å²) in [5.41, 5.74) is 7.82. The quantitative estimate of drug-likeness (QED) is 0.446. The van der Waals surface area contributed by atoms with E-state index in [4.69, 9.17) is 18.9 Å². The fourth-order valence-corrected chi connectivity index (χ4v) is 3.78. The maximum absolute atomic E-state index is 5.56. The minimum absolute atomic E-state index is 0.698. The maximum Gasteiger partial charge on any atom is 0.161 e. The summed E-state index contributed by atoms with van der Waals surface area (Å²) in [6.45, 7) is 2.09. The van der Waals surface area contributed by atoms with E-state index in [9.17, 15) is 0 Å². The topological polar surface area (TPSA) is 36.9 Å². The smallest absolute Gasteiger partial charge is 0.161 e. The number of rotatable bonds is 5. The van der Waals surface area contributed by atoms with Gasteiger partial charge in [-0.15, -0.1) is 0 Å². The number of hydrogen-bond acceptors (Lipinski definition) is 4. The second-order valence-electron chi connectivity index (χ2n) is 6.97.